The number of ether oxygens (including phenoxy) is 1. The van der Waals surface area contributed by atoms with Gasteiger partial charge in [0.2, 0.25) is 0 Å². The van der Waals surface area contributed by atoms with Gasteiger partial charge in [-0.2, -0.15) is 0 Å². The van der Waals surface area contributed by atoms with E-state index < -0.39 is 24.0 Å². The molecule has 0 heterocycles. The van der Waals surface area contributed by atoms with Gasteiger partial charge in [-0.3, -0.25) is 9.59 Å². The van der Waals surface area contributed by atoms with Crippen molar-refractivity contribution in [2.24, 2.45) is 11.5 Å². The number of benzene rings is 2. The summed E-state index contributed by atoms with van der Waals surface area (Å²) in [5.74, 6) is -1.71. The van der Waals surface area contributed by atoms with E-state index in [4.69, 9.17) is 26.4 Å². The highest BCUT2D eigenvalue weighted by molar-refractivity contribution is 5.85. The zero-order valence-corrected chi connectivity index (χ0v) is 16.3. The third kappa shape index (κ3) is 7.24. The normalized spacial score (nSPS) is 12.1. The molecule has 0 radical (unpaired) electrons. The Morgan fingerprint density at radius 2 is 1.32 bits per heavy atom. The van der Waals surface area contributed by atoms with Gasteiger partial charge in [0.15, 0.2) is 11.5 Å². The van der Waals surface area contributed by atoms with E-state index in [1.807, 2.05) is 0 Å². The maximum Gasteiger partial charge on any atom is 0.320 e. The molecule has 0 unspecified atom stereocenters. The lowest BCUT2D eigenvalue weighted by molar-refractivity contribution is -0.139. The first-order valence-electron chi connectivity index (χ1n) is 7.81. The van der Waals surface area contributed by atoms with Crippen LogP contribution in [0.5, 0.6) is 17.2 Å². The van der Waals surface area contributed by atoms with E-state index in [9.17, 15) is 14.7 Å². The van der Waals surface area contributed by atoms with Crippen molar-refractivity contribution >= 4 is 36.8 Å². The number of phenolic OH excluding ortho intramolecular Hbond substituents is 1. The summed E-state index contributed by atoms with van der Waals surface area (Å²) in [7, 11) is 0. The molecule has 0 aromatic heterocycles. The van der Waals surface area contributed by atoms with Gasteiger partial charge in [0, 0.05) is 0 Å². The molecular formula is C18H22Cl2N2O6. The van der Waals surface area contributed by atoms with Gasteiger partial charge in [0.25, 0.3) is 0 Å². The van der Waals surface area contributed by atoms with E-state index in [-0.39, 0.29) is 49.2 Å². The van der Waals surface area contributed by atoms with Crippen LogP contribution in [0.2, 0.25) is 0 Å². The van der Waals surface area contributed by atoms with Crippen molar-refractivity contribution in [1.82, 2.24) is 0 Å². The number of rotatable bonds is 8. The summed E-state index contributed by atoms with van der Waals surface area (Å²) in [6.45, 7) is 0. The average Bonchev–Trinajstić information content (AvgIpc) is 2.59. The third-order valence-corrected chi connectivity index (χ3v) is 3.72. The van der Waals surface area contributed by atoms with Crippen LogP contribution in [0.1, 0.15) is 11.1 Å². The number of carboxylic acids is 2. The standard InChI is InChI=1S/C18H20N2O6.2ClH/c19-13(17(22)23)7-10-1-4-12(5-2-10)26-16-9-11(3-6-15(16)21)8-14(20)18(24)25;;/h1-6,9,13-14,21H,7-8,19-20H2,(H,22,23)(H,24,25);2*1H/t13-,14-;;/m0../s1. The Bertz CT molecular complexity index is 801. The number of hydrogen-bond acceptors (Lipinski definition) is 6. The van der Waals surface area contributed by atoms with Gasteiger partial charge in [-0.25, -0.2) is 0 Å². The fraction of sp³-hybridized carbons (Fsp3) is 0.222. The zero-order valence-electron chi connectivity index (χ0n) is 14.6. The van der Waals surface area contributed by atoms with Crippen LogP contribution >= 0.6 is 24.8 Å². The molecule has 154 valence electrons. The van der Waals surface area contributed by atoms with Crippen LogP contribution in [-0.2, 0) is 22.4 Å². The minimum absolute atomic E-state index is 0. The van der Waals surface area contributed by atoms with Gasteiger partial charge in [-0.1, -0.05) is 18.2 Å². The van der Waals surface area contributed by atoms with Crippen LogP contribution in [0.25, 0.3) is 0 Å². The molecule has 2 atom stereocenters. The molecule has 0 fully saturated rings. The lowest BCUT2D eigenvalue weighted by atomic mass is 10.1. The smallest absolute Gasteiger partial charge is 0.320 e. The molecule has 0 aliphatic carbocycles. The molecule has 0 bridgehead atoms. The van der Waals surface area contributed by atoms with Gasteiger partial charge >= 0.3 is 11.9 Å². The van der Waals surface area contributed by atoms with Gasteiger partial charge in [-0.15, -0.1) is 24.8 Å². The van der Waals surface area contributed by atoms with Crippen molar-refractivity contribution in [3.8, 4) is 17.2 Å². The van der Waals surface area contributed by atoms with Crippen LogP contribution in [-0.4, -0.2) is 39.3 Å². The van der Waals surface area contributed by atoms with E-state index in [1.165, 1.54) is 12.1 Å². The van der Waals surface area contributed by atoms with Crippen molar-refractivity contribution in [1.29, 1.82) is 0 Å². The Hall–Kier alpha value is -2.52. The number of hydrogen-bond donors (Lipinski definition) is 5. The molecule has 28 heavy (non-hydrogen) atoms. The highest BCUT2D eigenvalue weighted by Gasteiger charge is 2.15. The second kappa shape index (κ2) is 11.4. The van der Waals surface area contributed by atoms with E-state index >= 15 is 0 Å². The Morgan fingerprint density at radius 1 is 0.857 bits per heavy atom. The number of halogens is 2. The summed E-state index contributed by atoms with van der Waals surface area (Å²) in [5, 5.41) is 27.6. The van der Waals surface area contributed by atoms with E-state index in [0.717, 1.165) is 5.56 Å². The van der Waals surface area contributed by atoms with Gasteiger partial charge in [0.05, 0.1) is 0 Å². The topological polar surface area (TPSA) is 156 Å². The Balaban J connectivity index is 0.00000364. The number of aliphatic carboxylic acids is 2. The number of phenols is 1. The lowest BCUT2D eigenvalue weighted by Gasteiger charge is -2.12. The molecule has 0 aliphatic rings. The van der Waals surface area contributed by atoms with Crippen molar-refractivity contribution < 1.29 is 29.6 Å². The predicted molar refractivity (Wildman–Crippen MR) is 108 cm³/mol. The molecule has 0 saturated carbocycles. The molecule has 10 heteroatoms. The highest BCUT2D eigenvalue weighted by Crippen LogP contribution is 2.32. The predicted octanol–water partition coefficient (Wildman–Crippen LogP) is 1.94. The summed E-state index contributed by atoms with van der Waals surface area (Å²) < 4.78 is 5.61. The molecule has 2 aromatic rings. The SMILES string of the molecule is Cl.Cl.N[C@@H](Cc1ccc(Oc2cc(C[C@H](N)C(=O)O)ccc2O)cc1)C(=O)O. The first-order chi connectivity index (χ1) is 12.3. The van der Waals surface area contributed by atoms with Crippen molar-refractivity contribution in [2.75, 3.05) is 0 Å². The fourth-order valence-electron chi connectivity index (χ4n) is 2.27. The first-order valence-corrected chi connectivity index (χ1v) is 7.81. The summed E-state index contributed by atoms with van der Waals surface area (Å²) in [4.78, 5) is 21.6. The minimum Gasteiger partial charge on any atom is -0.504 e. The molecule has 8 nitrogen and oxygen atoms in total. The summed E-state index contributed by atoms with van der Waals surface area (Å²) >= 11 is 0. The number of carboxylic acid groups (broad SMARTS) is 2. The number of carbonyl (C=O) groups is 2. The van der Waals surface area contributed by atoms with Gasteiger partial charge in [0.1, 0.15) is 17.8 Å². The Labute approximate surface area is 173 Å². The van der Waals surface area contributed by atoms with Crippen LogP contribution < -0.4 is 16.2 Å². The van der Waals surface area contributed by atoms with E-state index in [0.29, 0.717) is 11.3 Å². The molecular weight excluding hydrogens is 411 g/mol. The Morgan fingerprint density at radius 3 is 1.82 bits per heavy atom. The number of nitrogens with two attached hydrogens (primary N) is 2. The van der Waals surface area contributed by atoms with E-state index in [2.05, 4.69) is 0 Å². The second-order valence-corrected chi connectivity index (χ2v) is 5.85. The Kier molecular flexibility index (Phi) is 10.3. The largest absolute Gasteiger partial charge is 0.504 e. The number of aromatic hydroxyl groups is 1. The fourth-order valence-corrected chi connectivity index (χ4v) is 2.27. The van der Waals surface area contributed by atoms with Crippen LogP contribution in [0.15, 0.2) is 42.5 Å². The summed E-state index contributed by atoms with van der Waals surface area (Å²) in [6, 6.07) is 9.07. The molecule has 7 N–H and O–H groups in total. The first kappa shape index (κ1) is 25.5. The van der Waals surface area contributed by atoms with Gasteiger partial charge in [-0.05, 0) is 48.2 Å². The molecule has 0 spiro atoms. The molecule has 0 saturated heterocycles. The summed E-state index contributed by atoms with van der Waals surface area (Å²) in [6.07, 6.45) is 0.279. The van der Waals surface area contributed by atoms with Gasteiger partial charge < -0.3 is 31.5 Å². The highest BCUT2D eigenvalue weighted by atomic mass is 35.5. The van der Waals surface area contributed by atoms with Crippen molar-refractivity contribution in [2.45, 2.75) is 24.9 Å². The van der Waals surface area contributed by atoms with Crippen molar-refractivity contribution in [3.05, 3.63) is 53.6 Å². The minimum atomic E-state index is -1.12. The third-order valence-electron chi connectivity index (χ3n) is 3.72. The average molecular weight is 433 g/mol. The molecule has 0 aliphatic heterocycles. The quantitative estimate of drug-likeness (QED) is 0.423. The molecule has 2 rings (SSSR count). The molecule has 2 aromatic carbocycles. The lowest BCUT2D eigenvalue weighted by Crippen LogP contribution is -2.32. The maximum absolute atomic E-state index is 10.8. The van der Waals surface area contributed by atoms with E-state index in [1.54, 1.807) is 30.3 Å². The zero-order chi connectivity index (χ0) is 19.3. The van der Waals surface area contributed by atoms with Crippen LogP contribution in [0, 0.1) is 0 Å². The van der Waals surface area contributed by atoms with Crippen molar-refractivity contribution in [3.63, 3.8) is 0 Å². The molecule has 0 amide bonds. The summed E-state index contributed by atoms with van der Waals surface area (Å²) in [5.41, 5.74) is 12.3. The van der Waals surface area contributed by atoms with Crippen LogP contribution in [0.4, 0.5) is 0 Å². The second-order valence-electron chi connectivity index (χ2n) is 5.85. The monoisotopic (exact) mass is 432 g/mol. The van der Waals surface area contributed by atoms with Crippen LogP contribution in [0.3, 0.4) is 0 Å². The maximum atomic E-state index is 10.8.